The maximum atomic E-state index is 10.6. The minimum absolute atomic E-state index is 0.345. The Morgan fingerprint density at radius 1 is 1.38 bits per heavy atom. The van der Waals surface area contributed by atoms with E-state index < -0.39 is 0 Å². The van der Waals surface area contributed by atoms with E-state index in [-0.39, 0.29) is 5.97 Å². The summed E-state index contributed by atoms with van der Waals surface area (Å²) in [4.78, 5) is 10.6. The van der Waals surface area contributed by atoms with Crippen molar-refractivity contribution in [3.05, 3.63) is 24.8 Å². The van der Waals surface area contributed by atoms with Crippen molar-refractivity contribution in [3.8, 4) is 0 Å². The summed E-state index contributed by atoms with van der Waals surface area (Å²) < 4.78 is 4.79. The molecule has 74 valence electrons. The number of esters is 1. The number of hydrogen-bond acceptors (Lipinski definition) is 2. The summed E-state index contributed by atoms with van der Waals surface area (Å²) in [6.45, 7) is 5.93. The Balaban J connectivity index is 3.19. The Labute approximate surface area is 80.3 Å². The van der Waals surface area contributed by atoms with Crippen LogP contribution >= 0.6 is 0 Å². The molecule has 0 aromatic heterocycles. The number of unbranched alkanes of at least 4 members (excludes halogenated alkanes) is 2. The summed E-state index contributed by atoms with van der Waals surface area (Å²) in [7, 11) is 0. The lowest BCUT2D eigenvalue weighted by Gasteiger charge is -1.97. The quantitative estimate of drug-likeness (QED) is 0.262. The highest BCUT2D eigenvalue weighted by atomic mass is 16.5. The second-order valence-electron chi connectivity index (χ2n) is 2.77. The van der Waals surface area contributed by atoms with Crippen molar-refractivity contribution in [2.45, 2.75) is 32.6 Å². The first kappa shape index (κ1) is 11.9. The van der Waals surface area contributed by atoms with Crippen molar-refractivity contribution in [2.24, 2.45) is 0 Å². The van der Waals surface area contributed by atoms with Crippen LogP contribution in [0.3, 0.4) is 0 Å². The molecule has 0 saturated carbocycles. The van der Waals surface area contributed by atoms with Gasteiger partial charge in [-0.25, -0.2) is 4.79 Å². The van der Waals surface area contributed by atoms with E-state index in [4.69, 9.17) is 4.74 Å². The fourth-order valence-corrected chi connectivity index (χ4v) is 0.844. The summed E-state index contributed by atoms with van der Waals surface area (Å²) in [5, 5.41) is 0. The third-order valence-electron chi connectivity index (χ3n) is 1.59. The van der Waals surface area contributed by atoms with E-state index in [1.807, 2.05) is 6.08 Å². The highest BCUT2D eigenvalue weighted by Gasteiger charge is 1.91. The van der Waals surface area contributed by atoms with Gasteiger partial charge in [0, 0.05) is 6.08 Å². The lowest BCUT2D eigenvalue weighted by molar-refractivity contribution is -0.137. The molecule has 0 rings (SSSR count). The molecule has 0 aromatic carbocycles. The van der Waals surface area contributed by atoms with E-state index in [1.54, 1.807) is 0 Å². The smallest absolute Gasteiger partial charge is 0.330 e. The molecule has 0 aromatic rings. The molecule has 0 aliphatic rings. The van der Waals surface area contributed by atoms with Crippen molar-refractivity contribution in [1.29, 1.82) is 0 Å². The molecule has 0 bridgehead atoms. The van der Waals surface area contributed by atoms with Crippen LogP contribution in [-0.4, -0.2) is 12.6 Å². The maximum absolute atomic E-state index is 10.6. The second-order valence-corrected chi connectivity index (χ2v) is 2.77. The minimum atomic E-state index is -0.345. The zero-order chi connectivity index (χ0) is 9.94. The lowest BCUT2D eigenvalue weighted by Crippen LogP contribution is -2.00. The molecule has 0 unspecified atom stereocenters. The molecule has 0 aliphatic carbocycles. The van der Waals surface area contributed by atoms with Crippen LogP contribution in [0.1, 0.15) is 32.6 Å². The van der Waals surface area contributed by atoms with E-state index in [0.29, 0.717) is 6.61 Å². The first-order valence-electron chi connectivity index (χ1n) is 4.75. The normalized spacial score (nSPS) is 10.2. The van der Waals surface area contributed by atoms with Crippen LogP contribution in [0.2, 0.25) is 0 Å². The van der Waals surface area contributed by atoms with Crippen LogP contribution < -0.4 is 0 Å². The first-order valence-corrected chi connectivity index (χ1v) is 4.75. The monoisotopic (exact) mass is 182 g/mol. The maximum Gasteiger partial charge on any atom is 0.330 e. The summed E-state index contributed by atoms with van der Waals surface area (Å²) in [5.74, 6) is -0.345. The third-order valence-corrected chi connectivity index (χ3v) is 1.59. The Hall–Kier alpha value is -1.05. The standard InChI is InChI=1S/C11H18O2/c1-3-5-6-7-8-9-10-13-11(12)4-2/h4,7-8H,2-3,5-6,9-10H2,1H3. The molecule has 0 amide bonds. The van der Waals surface area contributed by atoms with Gasteiger partial charge in [-0.1, -0.05) is 38.5 Å². The first-order chi connectivity index (χ1) is 6.31. The van der Waals surface area contributed by atoms with Crippen LogP contribution in [0.4, 0.5) is 0 Å². The van der Waals surface area contributed by atoms with E-state index in [0.717, 1.165) is 12.8 Å². The highest BCUT2D eigenvalue weighted by molar-refractivity contribution is 5.81. The lowest BCUT2D eigenvalue weighted by atomic mass is 10.2. The average Bonchev–Trinajstić information content (AvgIpc) is 2.16. The van der Waals surface area contributed by atoms with Crippen molar-refractivity contribution in [1.82, 2.24) is 0 Å². The molecule has 0 aliphatic heterocycles. The van der Waals surface area contributed by atoms with Crippen molar-refractivity contribution in [3.63, 3.8) is 0 Å². The molecule has 0 atom stereocenters. The fourth-order valence-electron chi connectivity index (χ4n) is 0.844. The molecule has 0 saturated heterocycles. The molecule has 0 heterocycles. The van der Waals surface area contributed by atoms with E-state index in [9.17, 15) is 4.79 Å². The van der Waals surface area contributed by atoms with Gasteiger partial charge in [0.2, 0.25) is 0 Å². The Kier molecular flexibility index (Phi) is 8.31. The van der Waals surface area contributed by atoms with Crippen LogP contribution in [-0.2, 0) is 9.53 Å². The van der Waals surface area contributed by atoms with Crippen molar-refractivity contribution >= 4 is 5.97 Å². The molecular weight excluding hydrogens is 164 g/mol. The molecule has 0 radical (unpaired) electrons. The number of rotatable bonds is 7. The van der Waals surface area contributed by atoms with E-state index >= 15 is 0 Å². The number of carbonyl (C=O) groups is 1. The largest absolute Gasteiger partial charge is 0.462 e. The topological polar surface area (TPSA) is 26.3 Å². The van der Waals surface area contributed by atoms with Gasteiger partial charge in [0.05, 0.1) is 6.61 Å². The molecule has 0 spiro atoms. The third kappa shape index (κ3) is 8.86. The highest BCUT2D eigenvalue weighted by Crippen LogP contribution is 1.96. The Morgan fingerprint density at radius 2 is 2.08 bits per heavy atom. The molecule has 13 heavy (non-hydrogen) atoms. The molecule has 2 heteroatoms. The van der Waals surface area contributed by atoms with Gasteiger partial charge in [0.15, 0.2) is 0 Å². The minimum Gasteiger partial charge on any atom is -0.462 e. The predicted octanol–water partition coefficient (Wildman–Crippen LogP) is 2.85. The fraction of sp³-hybridized carbons (Fsp3) is 0.545. The van der Waals surface area contributed by atoms with Crippen molar-refractivity contribution < 1.29 is 9.53 Å². The van der Waals surface area contributed by atoms with Gasteiger partial charge >= 0.3 is 5.97 Å². The van der Waals surface area contributed by atoms with Gasteiger partial charge in [-0.2, -0.15) is 0 Å². The van der Waals surface area contributed by atoms with Gasteiger partial charge in [-0.05, 0) is 12.8 Å². The molecule has 0 N–H and O–H groups in total. The summed E-state index contributed by atoms with van der Waals surface area (Å²) in [6, 6.07) is 0. The zero-order valence-corrected chi connectivity index (χ0v) is 8.29. The SMILES string of the molecule is C=CC(=O)OCCC=CCCCC. The summed E-state index contributed by atoms with van der Waals surface area (Å²) in [6.07, 6.45) is 9.71. The Morgan fingerprint density at radius 3 is 2.69 bits per heavy atom. The van der Waals surface area contributed by atoms with Crippen LogP contribution in [0, 0.1) is 0 Å². The molecule has 0 fully saturated rings. The predicted molar refractivity (Wildman–Crippen MR) is 54.4 cm³/mol. The summed E-state index contributed by atoms with van der Waals surface area (Å²) >= 11 is 0. The Bertz CT molecular complexity index is 171. The number of allylic oxidation sites excluding steroid dienone is 1. The molecule has 2 nitrogen and oxygen atoms in total. The second kappa shape index (κ2) is 9.04. The van der Waals surface area contributed by atoms with Crippen LogP contribution in [0.15, 0.2) is 24.8 Å². The van der Waals surface area contributed by atoms with E-state index in [1.165, 1.54) is 18.9 Å². The average molecular weight is 182 g/mol. The van der Waals surface area contributed by atoms with Gasteiger partial charge in [0.1, 0.15) is 0 Å². The van der Waals surface area contributed by atoms with Crippen LogP contribution in [0.5, 0.6) is 0 Å². The van der Waals surface area contributed by atoms with Gasteiger partial charge in [0.25, 0.3) is 0 Å². The summed E-state index contributed by atoms with van der Waals surface area (Å²) in [5.41, 5.74) is 0. The van der Waals surface area contributed by atoms with Crippen molar-refractivity contribution in [2.75, 3.05) is 6.61 Å². The van der Waals surface area contributed by atoms with Gasteiger partial charge in [-0.3, -0.25) is 0 Å². The number of carbonyl (C=O) groups excluding carboxylic acids is 1. The number of ether oxygens (including phenoxy) is 1. The van der Waals surface area contributed by atoms with Crippen LogP contribution in [0.25, 0.3) is 0 Å². The van der Waals surface area contributed by atoms with E-state index in [2.05, 4.69) is 19.6 Å². The van der Waals surface area contributed by atoms with Gasteiger partial charge < -0.3 is 4.74 Å². The zero-order valence-electron chi connectivity index (χ0n) is 8.29. The van der Waals surface area contributed by atoms with Gasteiger partial charge in [-0.15, -0.1) is 0 Å². The molecular formula is C11H18O2. The number of hydrogen-bond donors (Lipinski definition) is 0.